The van der Waals surface area contributed by atoms with Crippen molar-refractivity contribution in [3.63, 3.8) is 0 Å². The fraction of sp³-hybridized carbons (Fsp3) is 0.625. The highest BCUT2D eigenvalue weighted by Gasteiger charge is 2.18. The Morgan fingerprint density at radius 2 is 1.76 bits per heavy atom. The van der Waals surface area contributed by atoms with E-state index in [1.807, 2.05) is 0 Å². The van der Waals surface area contributed by atoms with E-state index in [1.165, 1.54) is 42.6 Å². The van der Waals surface area contributed by atoms with Gasteiger partial charge in [0.15, 0.2) is 0 Å². The number of aryl methyl sites for hydroxylation is 1. The molecule has 0 bridgehead atoms. The summed E-state index contributed by atoms with van der Waals surface area (Å²) in [5.41, 5.74) is 4.64. The number of hydrogen-bond acceptors (Lipinski definition) is 1. The Labute approximate surface area is 106 Å². The molecule has 1 aliphatic rings. The highest BCUT2D eigenvalue weighted by atomic mass is 15.1. The molecule has 17 heavy (non-hydrogen) atoms. The molecule has 0 aliphatic carbocycles. The Morgan fingerprint density at radius 1 is 1.12 bits per heavy atom. The van der Waals surface area contributed by atoms with Crippen molar-refractivity contribution in [2.24, 2.45) is 0 Å². The van der Waals surface area contributed by atoms with Gasteiger partial charge in [-0.2, -0.15) is 0 Å². The lowest BCUT2D eigenvalue weighted by atomic mass is 9.83. The number of benzene rings is 1. The van der Waals surface area contributed by atoms with E-state index in [2.05, 4.69) is 50.8 Å². The lowest BCUT2D eigenvalue weighted by molar-refractivity contribution is 0.331. The molecule has 1 heterocycles. The summed E-state index contributed by atoms with van der Waals surface area (Å²) in [5.74, 6) is 0. The van der Waals surface area contributed by atoms with Gasteiger partial charge in [-0.3, -0.25) is 4.90 Å². The standard InChI is InChI=1S/C16H25N/c1-13-7-8-14(11-15(13)16(2,3)4)12-17-9-5-6-10-17/h7-8,11H,5-6,9-10,12H2,1-4H3. The summed E-state index contributed by atoms with van der Waals surface area (Å²) in [4.78, 5) is 2.57. The quantitative estimate of drug-likeness (QED) is 0.746. The predicted molar refractivity (Wildman–Crippen MR) is 74.4 cm³/mol. The van der Waals surface area contributed by atoms with Crippen LogP contribution >= 0.6 is 0 Å². The lowest BCUT2D eigenvalue weighted by Crippen LogP contribution is -2.19. The third-order valence-electron chi connectivity index (χ3n) is 3.71. The van der Waals surface area contributed by atoms with Gasteiger partial charge in [0.25, 0.3) is 0 Å². The summed E-state index contributed by atoms with van der Waals surface area (Å²) < 4.78 is 0. The fourth-order valence-electron chi connectivity index (χ4n) is 2.77. The zero-order valence-electron chi connectivity index (χ0n) is 11.7. The summed E-state index contributed by atoms with van der Waals surface area (Å²) in [6, 6.07) is 6.99. The Balaban J connectivity index is 2.18. The van der Waals surface area contributed by atoms with Crippen molar-refractivity contribution in [2.45, 2.75) is 52.5 Å². The second kappa shape index (κ2) is 4.81. The summed E-state index contributed by atoms with van der Waals surface area (Å²) >= 11 is 0. The van der Waals surface area contributed by atoms with Gasteiger partial charge in [-0.05, 0) is 55.0 Å². The normalized spacial score (nSPS) is 17.6. The Hall–Kier alpha value is -0.820. The van der Waals surface area contributed by atoms with Crippen molar-refractivity contribution in [1.82, 2.24) is 4.90 Å². The van der Waals surface area contributed by atoms with Crippen molar-refractivity contribution in [3.05, 3.63) is 34.9 Å². The molecule has 0 spiro atoms. The van der Waals surface area contributed by atoms with Crippen molar-refractivity contribution in [3.8, 4) is 0 Å². The molecule has 0 radical (unpaired) electrons. The van der Waals surface area contributed by atoms with E-state index in [0.29, 0.717) is 0 Å². The van der Waals surface area contributed by atoms with Crippen LogP contribution in [0.3, 0.4) is 0 Å². The highest BCUT2D eigenvalue weighted by Crippen LogP contribution is 2.27. The molecule has 0 atom stereocenters. The Kier molecular flexibility index (Phi) is 3.58. The van der Waals surface area contributed by atoms with Crippen LogP contribution in [0.15, 0.2) is 18.2 Å². The molecule has 2 rings (SSSR count). The molecule has 0 aromatic heterocycles. The van der Waals surface area contributed by atoms with Crippen LogP contribution in [0, 0.1) is 6.92 Å². The molecule has 0 saturated carbocycles. The first-order valence-electron chi connectivity index (χ1n) is 6.79. The Morgan fingerprint density at radius 3 is 2.35 bits per heavy atom. The minimum absolute atomic E-state index is 0.255. The molecule has 1 aliphatic heterocycles. The Bertz CT molecular complexity index is 381. The largest absolute Gasteiger partial charge is 0.299 e. The molecule has 1 nitrogen and oxygen atoms in total. The van der Waals surface area contributed by atoms with Crippen LogP contribution < -0.4 is 0 Å². The first-order valence-corrected chi connectivity index (χ1v) is 6.79. The summed E-state index contributed by atoms with van der Waals surface area (Å²) in [6.07, 6.45) is 2.75. The van der Waals surface area contributed by atoms with E-state index in [4.69, 9.17) is 0 Å². The molecule has 1 aromatic rings. The monoisotopic (exact) mass is 231 g/mol. The molecular formula is C16H25N. The topological polar surface area (TPSA) is 3.24 Å². The van der Waals surface area contributed by atoms with Gasteiger partial charge in [-0.25, -0.2) is 0 Å². The van der Waals surface area contributed by atoms with Gasteiger partial charge in [-0.15, -0.1) is 0 Å². The number of likely N-dealkylation sites (tertiary alicyclic amines) is 1. The molecule has 0 N–H and O–H groups in total. The van der Waals surface area contributed by atoms with E-state index in [9.17, 15) is 0 Å². The van der Waals surface area contributed by atoms with Crippen LogP contribution in [0.25, 0.3) is 0 Å². The van der Waals surface area contributed by atoms with Gasteiger partial charge < -0.3 is 0 Å². The second-order valence-corrected chi connectivity index (χ2v) is 6.38. The van der Waals surface area contributed by atoms with Crippen molar-refractivity contribution < 1.29 is 0 Å². The summed E-state index contributed by atoms with van der Waals surface area (Å²) in [6.45, 7) is 12.8. The van der Waals surface area contributed by atoms with Crippen LogP contribution in [0.5, 0.6) is 0 Å². The van der Waals surface area contributed by atoms with E-state index >= 15 is 0 Å². The van der Waals surface area contributed by atoms with E-state index in [0.717, 1.165) is 6.54 Å². The first-order chi connectivity index (χ1) is 7.97. The maximum atomic E-state index is 2.57. The lowest BCUT2D eigenvalue weighted by Gasteiger charge is -2.23. The fourth-order valence-corrected chi connectivity index (χ4v) is 2.77. The summed E-state index contributed by atoms with van der Waals surface area (Å²) in [5, 5.41) is 0. The maximum Gasteiger partial charge on any atom is 0.0233 e. The van der Waals surface area contributed by atoms with Crippen LogP contribution in [-0.2, 0) is 12.0 Å². The molecule has 1 fully saturated rings. The first kappa shape index (κ1) is 12.6. The number of hydrogen-bond donors (Lipinski definition) is 0. The molecule has 0 amide bonds. The van der Waals surface area contributed by atoms with E-state index in [1.54, 1.807) is 0 Å². The minimum Gasteiger partial charge on any atom is -0.299 e. The molecule has 94 valence electrons. The molecular weight excluding hydrogens is 206 g/mol. The molecule has 1 saturated heterocycles. The van der Waals surface area contributed by atoms with Gasteiger partial charge in [-0.1, -0.05) is 39.0 Å². The van der Waals surface area contributed by atoms with Gasteiger partial charge in [0.05, 0.1) is 0 Å². The molecule has 0 unspecified atom stereocenters. The smallest absolute Gasteiger partial charge is 0.0233 e. The van der Waals surface area contributed by atoms with Crippen LogP contribution in [0.1, 0.15) is 50.3 Å². The van der Waals surface area contributed by atoms with Crippen molar-refractivity contribution >= 4 is 0 Å². The maximum absolute atomic E-state index is 2.57. The van der Waals surface area contributed by atoms with Crippen LogP contribution in [0.4, 0.5) is 0 Å². The number of rotatable bonds is 2. The van der Waals surface area contributed by atoms with Crippen LogP contribution in [0.2, 0.25) is 0 Å². The third-order valence-corrected chi connectivity index (χ3v) is 3.71. The summed E-state index contributed by atoms with van der Waals surface area (Å²) in [7, 11) is 0. The van der Waals surface area contributed by atoms with E-state index in [-0.39, 0.29) is 5.41 Å². The van der Waals surface area contributed by atoms with E-state index < -0.39 is 0 Å². The average molecular weight is 231 g/mol. The minimum atomic E-state index is 0.255. The van der Waals surface area contributed by atoms with Gasteiger partial charge >= 0.3 is 0 Å². The zero-order valence-corrected chi connectivity index (χ0v) is 11.7. The van der Waals surface area contributed by atoms with Gasteiger partial charge in [0, 0.05) is 6.54 Å². The predicted octanol–water partition coefficient (Wildman–Crippen LogP) is 3.89. The van der Waals surface area contributed by atoms with Crippen molar-refractivity contribution in [1.29, 1.82) is 0 Å². The van der Waals surface area contributed by atoms with Gasteiger partial charge in [0.2, 0.25) is 0 Å². The second-order valence-electron chi connectivity index (χ2n) is 6.38. The SMILES string of the molecule is Cc1ccc(CN2CCCC2)cc1C(C)(C)C. The van der Waals surface area contributed by atoms with Gasteiger partial charge in [0.1, 0.15) is 0 Å². The van der Waals surface area contributed by atoms with Crippen LogP contribution in [-0.4, -0.2) is 18.0 Å². The highest BCUT2D eigenvalue weighted by molar-refractivity contribution is 5.35. The van der Waals surface area contributed by atoms with Crippen molar-refractivity contribution in [2.75, 3.05) is 13.1 Å². The number of nitrogens with zero attached hydrogens (tertiary/aromatic N) is 1. The molecule has 1 heteroatoms. The average Bonchev–Trinajstić information content (AvgIpc) is 2.72. The third kappa shape index (κ3) is 3.10. The molecule has 1 aromatic carbocycles. The zero-order chi connectivity index (χ0) is 12.5.